The predicted octanol–water partition coefficient (Wildman–Crippen LogP) is 2.39. The quantitative estimate of drug-likeness (QED) is 0.649. The van der Waals surface area contributed by atoms with E-state index in [0.717, 1.165) is 11.0 Å². The first-order valence-corrected chi connectivity index (χ1v) is 9.56. The van der Waals surface area contributed by atoms with Gasteiger partial charge in [-0.3, -0.25) is 19.1 Å². The molecule has 3 heterocycles. The van der Waals surface area contributed by atoms with Crippen molar-refractivity contribution < 1.29 is 13.2 Å². The smallest absolute Gasteiger partial charge is 0.287 e. The highest BCUT2D eigenvalue weighted by molar-refractivity contribution is 5.77. The molecule has 1 aromatic carbocycles. The van der Waals surface area contributed by atoms with Crippen molar-refractivity contribution in [3.63, 3.8) is 0 Å². The van der Waals surface area contributed by atoms with Crippen molar-refractivity contribution in [2.24, 2.45) is 7.05 Å². The molecule has 7 nitrogen and oxygen atoms in total. The lowest BCUT2D eigenvalue weighted by molar-refractivity contribution is -0.142. The zero-order valence-electron chi connectivity index (χ0n) is 16.3. The summed E-state index contributed by atoms with van der Waals surface area (Å²) in [5, 5.41) is 4.37. The van der Waals surface area contributed by atoms with Crippen LogP contribution in [0.1, 0.15) is 30.4 Å². The van der Waals surface area contributed by atoms with Crippen LogP contribution in [0.25, 0.3) is 10.9 Å². The molecule has 0 N–H and O–H groups in total. The number of rotatable bonds is 4. The minimum Gasteiger partial charge on any atom is -0.287 e. The van der Waals surface area contributed by atoms with E-state index >= 15 is 0 Å². The third-order valence-corrected chi connectivity index (χ3v) is 5.27. The minimum absolute atomic E-state index is 0.110. The van der Waals surface area contributed by atoms with E-state index in [-0.39, 0.29) is 16.8 Å². The Morgan fingerprint density at radius 1 is 1.13 bits per heavy atom. The van der Waals surface area contributed by atoms with Gasteiger partial charge >= 0.3 is 6.18 Å². The average Bonchev–Trinajstić information content (AvgIpc) is 3.14. The zero-order valence-corrected chi connectivity index (χ0v) is 16.3. The summed E-state index contributed by atoms with van der Waals surface area (Å²) in [6, 6.07) is 8.98. The Balaban J connectivity index is 1.78. The second-order valence-corrected chi connectivity index (χ2v) is 7.41. The topological polar surface area (TPSA) is 73.0 Å². The van der Waals surface area contributed by atoms with Gasteiger partial charge in [-0.05, 0) is 37.6 Å². The molecule has 1 aliphatic rings. The van der Waals surface area contributed by atoms with Crippen LogP contribution < -0.4 is 11.1 Å². The molecule has 10 heteroatoms. The van der Waals surface area contributed by atoms with Gasteiger partial charge in [0.2, 0.25) is 0 Å². The van der Waals surface area contributed by atoms with Gasteiger partial charge in [0.15, 0.2) is 0 Å². The van der Waals surface area contributed by atoms with E-state index < -0.39 is 24.3 Å². The fourth-order valence-corrected chi connectivity index (χ4v) is 3.92. The van der Waals surface area contributed by atoms with E-state index in [9.17, 15) is 22.8 Å². The van der Waals surface area contributed by atoms with Gasteiger partial charge in [-0.1, -0.05) is 12.1 Å². The molecule has 1 saturated heterocycles. The van der Waals surface area contributed by atoms with Crippen molar-refractivity contribution in [2.45, 2.75) is 38.1 Å². The summed E-state index contributed by atoms with van der Waals surface area (Å²) in [6.07, 6.45) is -3.22. The van der Waals surface area contributed by atoms with Crippen LogP contribution >= 0.6 is 0 Å². The van der Waals surface area contributed by atoms with E-state index in [0.29, 0.717) is 30.7 Å². The summed E-state index contributed by atoms with van der Waals surface area (Å²) < 4.78 is 41.8. The highest BCUT2D eigenvalue weighted by Crippen LogP contribution is 2.33. The maximum atomic E-state index is 13.3. The van der Waals surface area contributed by atoms with Crippen LogP contribution in [0.15, 0.2) is 46.0 Å². The fraction of sp³-hybridized carbons (Fsp3) is 0.400. The lowest BCUT2D eigenvalue weighted by Crippen LogP contribution is -2.36. The van der Waals surface area contributed by atoms with Crippen LogP contribution in [0.2, 0.25) is 0 Å². The fourth-order valence-electron chi connectivity index (χ4n) is 3.92. The summed E-state index contributed by atoms with van der Waals surface area (Å²) in [6.45, 7) is -0.418. The minimum atomic E-state index is -4.55. The van der Waals surface area contributed by atoms with Gasteiger partial charge in [0, 0.05) is 19.7 Å². The molecule has 0 spiro atoms. The molecular formula is C20H20F3N5O2. The molecule has 1 unspecified atom stereocenters. The van der Waals surface area contributed by atoms with Crippen LogP contribution in [-0.4, -0.2) is 37.0 Å². The van der Waals surface area contributed by atoms with E-state index in [1.165, 1.54) is 16.8 Å². The summed E-state index contributed by atoms with van der Waals surface area (Å²) in [7, 11) is 1.54. The monoisotopic (exact) mass is 419 g/mol. The van der Waals surface area contributed by atoms with Crippen molar-refractivity contribution in [1.29, 1.82) is 0 Å². The Bertz CT molecular complexity index is 1200. The first-order valence-electron chi connectivity index (χ1n) is 9.56. The van der Waals surface area contributed by atoms with E-state index in [2.05, 4.69) is 10.1 Å². The van der Waals surface area contributed by atoms with E-state index in [1.54, 1.807) is 31.3 Å². The first kappa shape index (κ1) is 20.3. The second-order valence-electron chi connectivity index (χ2n) is 7.41. The van der Waals surface area contributed by atoms with Crippen LogP contribution in [-0.2, 0) is 20.1 Å². The van der Waals surface area contributed by atoms with E-state index in [4.69, 9.17) is 0 Å². The van der Waals surface area contributed by atoms with Gasteiger partial charge in [0.05, 0.1) is 22.6 Å². The van der Waals surface area contributed by atoms with Crippen molar-refractivity contribution in [1.82, 2.24) is 24.2 Å². The number of alkyl halides is 3. The molecule has 0 saturated carbocycles. The van der Waals surface area contributed by atoms with E-state index in [1.807, 2.05) is 4.90 Å². The molecule has 0 radical (unpaired) electrons. The maximum absolute atomic E-state index is 13.3. The summed E-state index contributed by atoms with van der Waals surface area (Å²) in [5.41, 5.74) is 0.0597. The number of halogens is 3. The molecule has 1 atom stereocenters. The summed E-state index contributed by atoms with van der Waals surface area (Å²) >= 11 is 0. The Morgan fingerprint density at radius 2 is 1.90 bits per heavy atom. The molecule has 0 amide bonds. The lowest BCUT2D eigenvalue weighted by Gasteiger charge is -2.26. The number of likely N-dealkylation sites (tertiary alicyclic amines) is 1. The van der Waals surface area contributed by atoms with Gasteiger partial charge in [0.1, 0.15) is 12.4 Å². The zero-order chi connectivity index (χ0) is 21.5. The number of benzene rings is 1. The second kappa shape index (κ2) is 7.67. The maximum Gasteiger partial charge on any atom is 0.406 e. The Labute approximate surface area is 169 Å². The van der Waals surface area contributed by atoms with Gasteiger partial charge in [-0.15, -0.1) is 0 Å². The molecule has 1 aliphatic heterocycles. The number of nitrogens with zero attached hydrogens (tertiary/aromatic N) is 5. The molecule has 30 heavy (non-hydrogen) atoms. The molecule has 158 valence electrons. The van der Waals surface area contributed by atoms with Crippen molar-refractivity contribution in [2.75, 3.05) is 6.54 Å². The highest BCUT2D eigenvalue weighted by atomic mass is 19.4. The molecule has 4 rings (SSSR count). The lowest BCUT2D eigenvalue weighted by atomic mass is 10.1. The number of para-hydroxylation sites is 1. The SMILES string of the molecule is Cn1nc(CN2CCCC2c2nc3ccccc3c(=O)n2CC(F)(F)F)ccc1=O. The van der Waals surface area contributed by atoms with Gasteiger partial charge in [0.25, 0.3) is 11.1 Å². The van der Waals surface area contributed by atoms with Crippen molar-refractivity contribution in [3.8, 4) is 0 Å². The normalized spacial score (nSPS) is 17.7. The molecule has 2 aromatic heterocycles. The largest absolute Gasteiger partial charge is 0.406 e. The van der Waals surface area contributed by atoms with Crippen LogP contribution in [0.3, 0.4) is 0 Å². The van der Waals surface area contributed by atoms with Crippen molar-refractivity contribution >= 4 is 10.9 Å². The molecule has 3 aromatic rings. The third kappa shape index (κ3) is 4.00. The average molecular weight is 419 g/mol. The molecule has 0 aliphatic carbocycles. The number of aryl methyl sites for hydroxylation is 1. The van der Waals surface area contributed by atoms with Gasteiger partial charge in [-0.2, -0.15) is 18.3 Å². The van der Waals surface area contributed by atoms with Crippen LogP contribution in [0, 0.1) is 0 Å². The summed E-state index contributed by atoms with van der Waals surface area (Å²) in [4.78, 5) is 30.9. The molecule has 1 fully saturated rings. The number of aromatic nitrogens is 4. The number of fused-ring (bicyclic) bond motifs is 1. The van der Waals surface area contributed by atoms with Gasteiger partial charge in [-0.25, -0.2) is 9.67 Å². The highest BCUT2D eigenvalue weighted by Gasteiger charge is 2.35. The Hall–Kier alpha value is -3.01. The standard InChI is InChI=1S/C20H20F3N5O2/c1-26-17(29)9-8-13(25-26)11-27-10-4-7-16(27)18-24-15-6-3-2-5-14(15)19(30)28(18)12-20(21,22)23/h2-3,5-6,8-9,16H,4,7,10-12H2,1H3. The molecule has 0 bridgehead atoms. The Kier molecular flexibility index (Phi) is 5.19. The number of hydrogen-bond acceptors (Lipinski definition) is 5. The summed E-state index contributed by atoms with van der Waals surface area (Å²) in [5.74, 6) is 0.110. The van der Waals surface area contributed by atoms with Gasteiger partial charge < -0.3 is 0 Å². The predicted molar refractivity (Wildman–Crippen MR) is 104 cm³/mol. The van der Waals surface area contributed by atoms with Crippen LogP contribution in [0.5, 0.6) is 0 Å². The Morgan fingerprint density at radius 3 is 2.63 bits per heavy atom. The first-order chi connectivity index (χ1) is 14.2. The number of hydrogen-bond donors (Lipinski definition) is 0. The third-order valence-electron chi connectivity index (χ3n) is 5.27. The van der Waals surface area contributed by atoms with Crippen molar-refractivity contribution in [3.05, 3.63) is 68.6 Å². The van der Waals surface area contributed by atoms with Crippen LogP contribution in [0.4, 0.5) is 13.2 Å². The molecular weight excluding hydrogens is 399 g/mol.